The Morgan fingerprint density at radius 1 is 1.54 bits per heavy atom. The van der Waals surface area contributed by atoms with Gasteiger partial charge in [0.1, 0.15) is 6.61 Å². The Hall–Kier alpha value is -0.610. The predicted molar refractivity (Wildman–Crippen MR) is 50.4 cm³/mol. The van der Waals surface area contributed by atoms with Gasteiger partial charge in [0.15, 0.2) is 0 Å². The van der Waals surface area contributed by atoms with Crippen LogP contribution in [0.4, 0.5) is 0 Å². The van der Waals surface area contributed by atoms with E-state index in [1.165, 1.54) is 0 Å². The first kappa shape index (κ1) is 12.4. The molecule has 0 aliphatic heterocycles. The summed E-state index contributed by atoms with van der Waals surface area (Å²) in [7, 11) is 0. The highest BCUT2D eigenvalue weighted by Gasteiger charge is 2.02. The molecule has 0 aliphatic carbocycles. The van der Waals surface area contributed by atoms with E-state index in [2.05, 4.69) is 5.32 Å². The summed E-state index contributed by atoms with van der Waals surface area (Å²) < 4.78 is 4.90. The molecule has 1 amide bonds. The van der Waals surface area contributed by atoms with E-state index in [0.717, 1.165) is 6.42 Å². The molecule has 0 radical (unpaired) electrons. The zero-order valence-electron chi connectivity index (χ0n) is 8.38. The zero-order valence-corrected chi connectivity index (χ0v) is 8.38. The quantitative estimate of drug-likeness (QED) is 0.605. The molecule has 2 N–H and O–H groups in total. The van der Waals surface area contributed by atoms with E-state index in [1.54, 1.807) is 0 Å². The van der Waals surface area contributed by atoms with Gasteiger partial charge >= 0.3 is 0 Å². The van der Waals surface area contributed by atoms with Gasteiger partial charge in [0.2, 0.25) is 5.91 Å². The van der Waals surface area contributed by atoms with Crippen LogP contribution in [0.5, 0.6) is 0 Å². The molecule has 0 fully saturated rings. The van der Waals surface area contributed by atoms with Gasteiger partial charge < -0.3 is 15.2 Å². The Morgan fingerprint density at radius 3 is 2.77 bits per heavy atom. The van der Waals surface area contributed by atoms with E-state index >= 15 is 0 Å². The number of carbonyl (C=O) groups is 1. The molecule has 0 aromatic heterocycles. The van der Waals surface area contributed by atoms with Crippen LogP contribution in [0.3, 0.4) is 0 Å². The fraction of sp³-hybridized carbons (Fsp3) is 0.889. The van der Waals surface area contributed by atoms with E-state index in [9.17, 15) is 4.79 Å². The normalized spacial score (nSPS) is 12.5. The molecule has 4 nitrogen and oxygen atoms in total. The van der Waals surface area contributed by atoms with Crippen LogP contribution in [-0.2, 0) is 9.53 Å². The maximum absolute atomic E-state index is 11.0. The third-order valence-electron chi connectivity index (χ3n) is 1.71. The van der Waals surface area contributed by atoms with Crippen molar-refractivity contribution in [1.29, 1.82) is 0 Å². The average molecular weight is 189 g/mol. The SMILES string of the molecule is CCOCC(=O)NCCC(O)CC. The number of carbonyl (C=O) groups excluding carboxylic acids is 1. The number of ether oxygens (including phenoxy) is 1. The van der Waals surface area contributed by atoms with Gasteiger partial charge in [-0.1, -0.05) is 6.92 Å². The molecule has 1 atom stereocenters. The summed E-state index contributed by atoms with van der Waals surface area (Å²) >= 11 is 0. The molecule has 13 heavy (non-hydrogen) atoms. The number of nitrogens with one attached hydrogen (secondary N) is 1. The summed E-state index contributed by atoms with van der Waals surface area (Å²) in [5.41, 5.74) is 0. The first-order valence-electron chi connectivity index (χ1n) is 4.73. The highest BCUT2D eigenvalue weighted by molar-refractivity contribution is 5.77. The number of aliphatic hydroxyl groups is 1. The summed E-state index contributed by atoms with van der Waals surface area (Å²) in [4.78, 5) is 11.0. The van der Waals surface area contributed by atoms with Crippen LogP contribution in [0, 0.1) is 0 Å². The Kier molecular flexibility index (Phi) is 7.63. The lowest BCUT2D eigenvalue weighted by atomic mass is 10.2. The summed E-state index contributed by atoms with van der Waals surface area (Å²) in [6.07, 6.45) is 1.02. The minimum absolute atomic E-state index is 0.110. The van der Waals surface area contributed by atoms with Crippen LogP contribution < -0.4 is 5.32 Å². The third-order valence-corrected chi connectivity index (χ3v) is 1.71. The Balaban J connectivity index is 3.26. The number of hydrogen-bond donors (Lipinski definition) is 2. The van der Waals surface area contributed by atoms with E-state index in [0.29, 0.717) is 19.6 Å². The molecule has 0 spiro atoms. The molecule has 0 saturated heterocycles. The molecule has 0 saturated carbocycles. The van der Waals surface area contributed by atoms with E-state index in [-0.39, 0.29) is 18.6 Å². The lowest BCUT2D eigenvalue weighted by Crippen LogP contribution is -2.30. The number of rotatable bonds is 7. The van der Waals surface area contributed by atoms with E-state index < -0.39 is 0 Å². The molecular formula is C9H19NO3. The zero-order chi connectivity index (χ0) is 10.1. The van der Waals surface area contributed by atoms with Crippen molar-refractivity contribution in [2.75, 3.05) is 19.8 Å². The van der Waals surface area contributed by atoms with Crippen LogP contribution in [-0.4, -0.2) is 36.9 Å². The van der Waals surface area contributed by atoms with Gasteiger partial charge in [0, 0.05) is 13.2 Å². The smallest absolute Gasteiger partial charge is 0.245 e. The number of amides is 1. The third kappa shape index (κ3) is 7.74. The topological polar surface area (TPSA) is 58.6 Å². The fourth-order valence-corrected chi connectivity index (χ4v) is 0.828. The van der Waals surface area contributed by atoms with Crippen LogP contribution in [0.1, 0.15) is 26.7 Å². The lowest BCUT2D eigenvalue weighted by molar-refractivity contribution is -0.125. The molecule has 0 aromatic carbocycles. The maximum Gasteiger partial charge on any atom is 0.245 e. The predicted octanol–water partition coefficient (Wildman–Crippen LogP) is 0.300. The molecule has 1 unspecified atom stereocenters. The first-order valence-corrected chi connectivity index (χ1v) is 4.73. The molecule has 4 heteroatoms. The van der Waals surface area contributed by atoms with Crippen molar-refractivity contribution < 1.29 is 14.6 Å². The molecule has 0 bridgehead atoms. The second-order valence-electron chi connectivity index (χ2n) is 2.84. The molecule has 0 rings (SSSR count). The minimum atomic E-state index is -0.313. The Morgan fingerprint density at radius 2 is 2.23 bits per heavy atom. The van der Waals surface area contributed by atoms with Gasteiger partial charge in [-0.05, 0) is 19.8 Å². The molecule has 0 heterocycles. The number of aliphatic hydroxyl groups excluding tert-OH is 1. The molecule has 0 aliphatic rings. The summed E-state index contributed by atoms with van der Waals surface area (Å²) in [5, 5.41) is 11.8. The number of hydrogen-bond acceptors (Lipinski definition) is 3. The van der Waals surface area contributed by atoms with E-state index in [4.69, 9.17) is 9.84 Å². The molecule has 78 valence electrons. The fourth-order valence-electron chi connectivity index (χ4n) is 0.828. The second kappa shape index (κ2) is 8.01. The molecular weight excluding hydrogens is 170 g/mol. The first-order chi connectivity index (χ1) is 6.20. The van der Waals surface area contributed by atoms with Crippen LogP contribution in [0.2, 0.25) is 0 Å². The summed E-state index contributed by atoms with van der Waals surface area (Å²) in [6, 6.07) is 0. The van der Waals surface area contributed by atoms with Gasteiger partial charge in [-0.15, -0.1) is 0 Å². The van der Waals surface area contributed by atoms with Crippen molar-refractivity contribution >= 4 is 5.91 Å². The highest BCUT2D eigenvalue weighted by atomic mass is 16.5. The van der Waals surface area contributed by atoms with E-state index in [1.807, 2.05) is 13.8 Å². The van der Waals surface area contributed by atoms with Crippen LogP contribution in [0.25, 0.3) is 0 Å². The summed E-state index contributed by atoms with van der Waals surface area (Å²) in [6.45, 7) is 4.92. The van der Waals surface area contributed by atoms with Gasteiger partial charge in [0.05, 0.1) is 6.10 Å². The van der Waals surface area contributed by atoms with Crippen molar-refractivity contribution in [3.63, 3.8) is 0 Å². The van der Waals surface area contributed by atoms with Gasteiger partial charge in [-0.3, -0.25) is 4.79 Å². The Labute approximate surface area is 79.3 Å². The monoisotopic (exact) mass is 189 g/mol. The largest absolute Gasteiger partial charge is 0.393 e. The van der Waals surface area contributed by atoms with Crippen LogP contribution >= 0.6 is 0 Å². The minimum Gasteiger partial charge on any atom is -0.393 e. The van der Waals surface area contributed by atoms with Crippen molar-refractivity contribution in [3.05, 3.63) is 0 Å². The highest BCUT2D eigenvalue weighted by Crippen LogP contribution is 1.93. The average Bonchev–Trinajstić information content (AvgIpc) is 2.14. The van der Waals surface area contributed by atoms with Gasteiger partial charge in [0.25, 0.3) is 0 Å². The lowest BCUT2D eigenvalue weighted by Gasteiger charge is -2.08. The standard InChI is InChI=1S/C9H19NO3/c1-3-8(11)5-6-10-9(12)7-13-4-2/h8,11H,3-7H2,1-2H3,(H,10,12). The molecule has 0 aromatic rings. The summed E-state index contributed by atoms with van der Waals surface area (Å²) in [5.74, 6) is -0.120. The van der Waals surface area contributed by atoms with Crippen molar-refractivity contribution in [1.82, 2.24) is 5.32 Å². The van der Waals surface area contributed by atoms with Crippen molar-refractivity contribution in [3.8, 4) is 0 Å². The van der Waals surface area contributed by atoms with Gasteiger partial charge in [-0.2, -0.15) is 0 Å². The van der Waals surface area contributed by atoms with Crippen molar-refractivity contribution in [2.24, 2.45) is 0 Å². The maximum atomic E-state index is 11.0. The van der Waals surface area contributed by atoms with Crippen LogP contribution in [0.15, 0.2) is 0 Å². The van der Waals surface area contributed by atoms with Crippen molar-refractivity contribution in [2.45, 2.75) is 32.8 Å². The second-order valence-corrected chi connectivity index (χ2v) is 2.84. The van der Waals surface area contributed by atoms with Gasteiger partial charge in [-0.25, -0.2) is 0 Å². The Bertz CT molecular complexity index is 139.